The fourth-order valence-corrected chi connectivity index (χ4v) is 4.74. The molecule has 1 aliphatic carbocycles. The largest absolute Gasteiger partial charge is 0.399 e. The topological polar surface area (TPSA) is 112 Å². The van der Waals surface area contributed by atoms with Crippen LogP contribution >= 0.6 is 11.6 Å². The first kappa shape index (κ1) is 21.7. The summed E-state index contributed by atoms with van der Waals surface area (Å²) in [5.41, 5.74) is 9.94. The number of nitrogens with one attached hydrogen (secondary N) is 3. The minimum absolute atomic E-state index is 0.184. The van der Waals surface area contributed by atoms with Crippen molar-refractivity contribution in [3.63, 3.8) is 0 Å². The SMILES string of the molecule is Nc1ccc(C(O)N[C@H]2CCCC(Nc3ncc(Cl)c(-c4c[nH]c5ccccc45)n3)C2)cc1. The normalized spacial score (nSPS) is 19.5. The molecule has 33 heavy (non-hydrogen) atoms. The van der Waals surface area contributed by atoms with Crippen molar-refractivity contribution < 1.29 is 5.11 Å². The van der Waals surface area contributed by atoms with Gasteiger partial charge in [-0.05, 0) is 49.4 Å². The molecule has 5 rings (SSSR count). The average Bonchev–Trinajstić information content (AvgIpc) is 3.25. The van der Waals surface area contributed by atoms with Crippen molar-refractivity contribution in [2.24, 2.45) is 0 Å². The van der Waals surface area contributed by atoms with Crippen molar-refractivity contribution in [1.29, 1.82) is 0 Å². The smallest absolute Gasteiger partial charge is 0.223 e. The first-order valence-corrected chi connectivity index (χ1v) is 11.6. The van der Waals surface area contributed by atoms with Gasteiger partial charge in [0.15, 0.2) is 0 Å². The summed E-state index contributed by atoms with van der Waals surface area (Å²) in [6, 6.07) is 15.8. The molecule has 4 aromatic rings. The van der Waals surface area contributed by atoms with Gasteiger partial charge in [0.1, 0.15) is 6.23 Å². The number of para-hydroxylation sites is 1. The number of nitrogens with two attached hydrogens (primary N) is 1. The van der Waals surface area contributed by atoms with E-state index in [0.717, 1.165) is 47.7 Å². The maximum absolute atomic E-state index is 10.6. The Labute approximate surface area is 197 Å². The number of nitrogen functional groups attached to an aromatic ring is 1. The maximum Gasteiger partial charge on any atom is 0.223 e. The van der Waals surface area contributed by atoms with Gasteiger partial charge in [-0.25, -0.2) is 9.97 Å². The van der Waals surface area contributed by atoms with Gasteiger partial charge in [0.05, 0.1) is 16.9 Å². The number of halogens is 1. The Morgan fingerprint density at radius 1 is 1.09 bits per heavy atom. The quantitative estimate of drug-likeness (QED) is 0.206. The number of aromatic amines is 1. The second-order valence-electron chi connectivity index (χ2n) is 8.58. The van der Waals surface area contributed by atoms with Gasteiger partial charge in [0.2, 0.25) is 5.95 Å². The van der Waals surface area contributed by atoms with Gasteiger partial charge in [-0.15, -0.1) is 0 Å². The number of hydrogen-bond donors (Lipinski definition) is 5. The fourth-order valence-electron chi connectivity index (χ4n) is 4.55. The van der Waals surface area contributed by atoms with Crippen molar-refractivity contribution in [1.82, 2.24) is 20.3 Å². The van der Waals surface area contributed by atoms with Crippen LogP contribution in [0.15, 0.2) is 60.9 Å². The second-order valence-corrected chi connectivity index (χ2v) is 8.99. The summed E-state index contributed by atoms with van der Waals surface area (Å²) in [6.45, 7) is 0. The highest BCUT2D eigenvalue weighted by Crippen LogP contribution is 2.33. The van der Waals surface area contributed by atoms with E-state index in [4.69, 9.17) is 22.3 Å². The van der Waals surface area contributed by atoms with E-state index in [1.807, 2.05) is 36.5 Å². The molecule has 2 heterocycles. The molecule has 6 N–H and O–H groups in total. The van der Waals surface area contributed by atoms with E-state index in [0.29, 0.717) is 22.4 Å². The molecule has 0 bridgehead atoms. The van der Waals surface area contributed by atoms with Gasteiger partial charge in [-0.2, -0.15) is 0 Å². The van der Waals surface area contributed by atoms with Gasteiger partial charge >= 0.3 is 0 Å². The molecule has 0 saturated heterocycles. The molecular weight excluding hydrogens is 436 g/mol. The summed E-state index contributed by atoms with van der Waals surface area (Å²) in [4.78, 5) is 12.4. The van der Waals surface area contributed by atoms with Gasteiger partial charge in [-0.3, -0.25) is 5.32 Å². The molecule has 1 fully saturated rings. The number of hydrogen-bond acceptors (Lipinski definition) is 6. The highest BCUT2D eigenvalue weighted by Gasteiger charge is 2.25. The number of aliphatic hydroxyl groups excluding tert-OH is 1. The van der Waals surface area contributed by atoms with E-state index < -0.39 is 6.23 Å². The Kier molecular flexibility index (Phi) is 6.17. The molecule has 0 spiro atoms. The van der Waals surface area contributed by atoms with Crippen molar-refractivity contribution >= 4 is 34.1 Å². The minimum Gasteiger partial charge on any atom is -0.399 e. The first-order valence-electron chi connectivity index (χ1n) is 11.2. The number of H-pyrrole nitrogens is 1. The lowest BCUT2D eigenvalue weighted by Crippen LogP contribution is -2.40. The second kappa shape index (κ2) is 9.39. The zero-order chi connectivity index (χ0) is 22.8. The zero-order valence-corrected chi connectivity index (χ0v) is 18.9. The Bertz CT molecular complexity index is 1240. The molecule has 8 heteroatoms. The van der Waals surface area contributed by atoms with Crippen molar-refractivity contribution in [2.75, 3.05) is 11.1 Å². The predicted octanol–water partition coefficient (Wildman–Crippen LogP) is 4.86. The Balaban J connectivity index is 1.28. The summed E-state index contributed by atoms with van der Waals surface area (Å²) in [6.07, 6.45) is 6.79. The van der Waals surface area contributed by atoms with Gasteiger partial charge < -0.3 is 21.1 Å². The molecule has 2 unspecified atom stereocenters. The molecule has 170 valence electrons. The molecule has 1 saturated carbocycles. The van der Waals surface area contributed by atoms with Crippen LogP contribution in [0.5, 0.6) is 0 Å². The number of aliphatic hydroxyl groups is 1. The van der Waals surface area contributed by atoms with Crippen molar-refractivity contribution in [2.45, 2.75) is 44.0 Å². The Morgan fingerprint density at radius 2 is 1.88 bits per heavy atom. The van der Waals surface area contributed by atoms with Gasteiger partial charge in [-0.1, -0.05) is 41.9 Å². The van der Waals surface area contributed by atoms with Crippen LogP contribution in [0.25, 0.3) is 22.2 Å². The Hall–Kier alpha value is -3.13. The van der Waals surface area contributed by atoms with Crippen LogP contribution in [0, 0.1) is 0 Å². The van der Waals surface area contributed by atoms with E-state index in [-0.39, 0.29) is 12.1 Å². The van der Waals surface area contributed by atoms with Crippen molar-refractivity contribution in [3.05, 3.63) is 71.5 Å². The zero-order valence-electron chi connectivity index (χ0n) is 18.1. The van der Waals surface area contributed by atoms with Crippen LogP contribution in [0.2, 0.25) is 5.02 Å². The minimum atomic E-state index is -0.727. The molecule has 2 aromatic carbocycles. The number of anilines is 2. The molecular formula is C25H27ClN6O. The van der Waals surface area contributed by atoms with E-state index in [1.54, 1.807) is 18.3 Å². The molecule has 2 aromatic heterocycles. The van der Waals surface area contributed by atoms with E-state index in [9.17, 15) is 5.11 Å². The molecule has 0 aliphatic heterocycles. The summed E-state index contributed by atoms with van der Waals surface area (Å²) >= 11 is 6.47. The van der Waals surface area contributed by atoms with E-state index in [2.05, 4.69) is 26.7 Å². The number of nitrogens with zero attached hydrogens (tertiary/aromatic N) is 2. The maximum atomic E-state index is 10.6. The first-order chi connectivity index (χ1) is 16.1. The summed E-state index contributed by atoms with van der Waals surface area (Å²) in [7, 11) is 0. The standard InChI is InChI=1S/C25H27ClN6O/c26-21-14-29-25(32-23(21)20-13-28-22-7-2-1-6-19(20)22)31-18-5-3-4-17(12-18)30-24(33)15-8-10-16(27)11-9-15/h1-2,6-11,13-14,17-18,24,28,30,33H,3-5,12,27H2,(H,29,31,32)/t17-,18?,24?/m0/s1. The third kappa shape index (κ3) is 4.80. The predicted molar refractivity (Wildman–Crippen MR) is 133 cm³/mol. The fraction of sp³-hybridized carbons (Fsp3) is 0.280. The molecule has 0 amide bonds. The van der Waals surface area contributed by atoms with E-state index in [1.165, 1.54) is 0 Å². The van der Waals surface area contributed by atoms with Crippen LogP contribution in [-0.2, 0) is 0 Å². The van der Waals surface area contributed by atoms with Gasteiger partial charge in [0.25, 0.3) is 0 Å². The molecule has 7 nitrogen and oxygen atoms in total. The van der Waals surface area contributed by atoms with Crippen LogP contribution in [0.3, 0.4) is 0 Å². The lowest BCUT2D eigenvalue weighted by atomic mass is 9.90. The average molecular weight is 463 g/mol. The van der Waals surface area contributed by atoms with E-state index >= 15 is 0 Å². The number of benzene rings is 2. The van der Waals surface area contributed by atoms with Crippen LogP contribution < -0.4 is 16.4 Å². The highest BCUT2D eigenvalue weighted by atomic mass is 35.5. The van der Waals surface area contributed by atoms with Gasteiger partial charge in [0, 0.05) is 40.4 Å². The molecule has 0 radical (unpaired) electrons. The van der Waals surface area contributed by atoms with Crippen LogP contribution in [0.1, 0.15) is 37.5 Å². The number of aromatic nitrogens is 3. The Morgan fingerprint density at radius 3 is 2.73 bits per heavy atom. The summed E-state index contributed by atoms with van der Waals surface area (Å²) in [5.74, 6) is 0.560. The molecule has 1 aliphatic rings. The summed E-state index contributed by atoms with van der Waals surface area (Å²) in [5, 5.41) is 19.0. The molecule has 3 atom stereocenters. The third-order valence-corrected chi connectivity index (χ3v) is 6.52. The van der Waals surface area contributed by atoms with Crippen LogP contribution in [-0.4, -0.2) is 32.1 Å². The van der Waals surface area contributed by atoms with Crippen LogP contribution in [0.4, 0.5) is 11.6 Å². The summed E-state index contributed by atoms with van der Waals surface area (Å²) < 4.78 is 0. The number of fused-ring (bicyclic) bond motifs is 1. The number of rotatable bonds is 6. The lowest BCUT2D eigenvalue weighted by molar-refractivity contribution is 0.112. The third-order valence-electron chi connectivity index (χ3n) is 6.24. The highest BCUT2D eigenvalue weighted by molar-refractivity contribution is 6.33. The lowest BCUT2D eigenvalue weighted by Gasteiger charge is -2.32. The monoisotopic (exact) mass is 462 g/mol. The van der Waals surface area contributed by atoms with Crippen molar-refractivity contribution in [3.8, 4) is 11.3 Å².